The number of carbonyl (C=O) groups excluding carboxylic acids is 1. The summed E-state index contributed by atoms with van der Waals surface area (Å²) in [7, 11) is 1.67. The molecule has 0 spiro atoms. The van der Waals surface area contributed by atoms with Gasteiger partial charge in [0.1, 0.15) is 5.69 Å². The highest BCUT2D eigenvalue weighted by molar-refractivity contribution is 5.95. The fourth-order valence-electron chi connectivity index (χ4n) is 1.71. The van der Waals surface area contributed by atoms with Crippen molar-refractivity contribution in [3.8, 4) is 0 Å². The van der Waals surface area contributed by atoms with Crippen LogP contribution in [0.2, 0.25) is 0 Å². The van der Waals surface area contributed by atoms with E-state index >= 15 is 0 Å². The van der Waals surface area contributed by atoms with Gasteiger partial charge in [0, 0.05) is 7.05 Å². The standard InChI is InChI=1S/C13H13N3O3/c1-16-8-14-7-10(16)12(17)15-11(13(18)19)9-5-3-2-4-6-9/h2-8,11H,1H3,(H,15,17)(H,18,19)/t11-/m1/s1. The van der Waals surface area contributed by atoms with Crippen LogP contribution >= 0.6 is 0 Å². The Hall–Kier alpha value is -2.63. The second-order valence-corrected chi connectivity index (χ2v) is 4.05. The third kappa shape index (κ3) is 2.79. The third-order valence-electron chi connectivity index (χ3n) is 2.70. The van der Waals surface area contributed by atoms with Gasteiger partial charge in [-0.1, -0.05) is 30.3 Å². The van der Waals surface area contributed by atoms with E-state index in [4.69, 9.17) is 0 Å². The molecule has 0 saturated carbocycles. The lowest BCUT2D eigenvalue weighted by atomic mass is 10.1. The Morgan fingerprint density at radius 1 is 1.32 bits per heavy atom. The van der Waals surface area contributed by atoms with E-state index in [1.54, 1.807) is 37.4 Å². The van der Waals surface area contributed by atoms with Gasteiger partial charge in [-0.3, -0.25) is 4.79 Å². The van der Waals surface area contributed by atoms with Crippen LogP contribution in [0.25, 0.3) is 0 Å². The van der Waals surface area contributed by atoms with Crippen LogP contribution in [0.4, 0.5) is 0 Å². The van der Waals surface area contributed by atoms with E-state index in [0.717, 1.165) is 0 Å². The number of imidazole rings is 1. The maximum absolute atomic E-state index is 12.0. The van der Waals surface area contributed by atoms with E-state index in [-0.39, 0.29) is 0 Å². The monoisotopic (exact) mass is 259 g/mol. The first-order valence-electron chi connectivity index (χ1n) is 5.64. The quantitative estimate of drug-likeness (QED) is 0.857. The lowest BCUT2D eigenvalue weighted by molar-refractivity contribution is -0.139. The molecular formula is C13H13N3O3. The van der Waals surface area contributed by atoms with Crippen LogP contribution in [0.1, 0.15) is 22.1 Å². The first kappa shape index (κ1) is 12.8. The zero-order valence-electron chi connectivity index (χ0n) is 10.3. The summed E-state index contributed by atoms with van der Waals surface area (Å²) in [5.41, 5.74) is 0.827. The van der Waals surface area contributed by atoms with Gasteiger partial charge in [-0.2, -0.15) is 0 Å². The minimum absolute atomic E-state index is 0.308. The number of amides is 1. The van der Waals surface area contributed by atoms with Crippen LogP contribution in [-0.2, 0) is 11.8 Å². The fourth-order valence-corrected chi connectivity index (χ4v) is 1.71. The molecule has 98 valence electrons. The van der Waals surface area contributed by atoms with Crippen LogP contribution in [0.5, 0.6) is 0 Å². The van der Waals surface area contributed by atoms with Gasteiger partial charge in [0.2, 0.25) is 0 Å². The van der Waals surface area contributed by atoms with Gasteiger partial charge in [-0.25, -0.2) is 9.78 Å². The maximum atomic E-state index is 12.0. The molecule has 0 unspecified atom stereocenters. The molecule has 6 heteroatoms. The van der Waals surface area contributed by atoms with E-state index < -0.39 is 17.9 Å². The SMILES string of the molecule is Cn1cncc1C(=O)N[C@@H](C(=O)O)c1ccccc1. The smallest absolute Gasteiger partial charge is 0.330 e. The summed E-state index contributed by atoms with van der Waals surface area (Å²) >= 11 is 0. The number of benzene rings is 1. The lowest BCUT2D eigenvalue weighted by Gasteiger charge is -2.14. The number of nitrogens with one attached hydrogen (secondary N) is 1. The average molecular weight is 259 g/mol. The molecule has 0 radical (unpaired) electrons. The van der Waals surface area contributed by atoms with E-state index in [1.165, 1.54) is 17.1 Å². The number of carboxylic acids is 1. The van der Waals surface area contributed by atoms with Crippen molar-refractivity contribution in [3.05, 3.63) is 54.1 Å². The number of hydrogen-bond donors (Lipinski definition) is 2. The molecule has 0 aliphatic heterocycles. The largest absolute Gasteiger partial charge is 0.479 e. The molecule has 0 saturated heterocycles. The zero-order valence-corrected chi connectivity index (χ0v) is 10.3. The molecule has 2 rings (SSSR count). The number of carbonyl (C=O) groups is 2. The normalized spacial score (nSPS) is 11.8. The Morgan fingerprint density at radius 2 is 2.00 bits per heavy atom. The molecule has 2 N–H and O–H groups in total. The predicted octanol–water partition coefficient (Wildman–Crippen LogP) is 0.976. The number of aromatic nitrogens is 2. The highest BCUT2D eigenvalue weighted by Crippen LogP contribution is 2.13. The van der Waals surface area contributed by atoms with Crippen molar-refractivity contribution in [1.82, 2.24) is 14.9 Å². The molecule has 2 aromatic rings. The van der Waals surface area contributed by atoms with E-state index in [2.05, 4.69) is 10.3 Å². The van der Waals surface area contributed by atoms with Crippen LogP contribution in [0.15, 0.2) is 42.9 Å². The van der Waals surface area contributed by atoms with Crippen LogP contribution in [0.3, 0.4) is 0 Å². The molecule has 0 bridgehead atoms. The van der Waals surface area contributed by atoms with Gasteiger partial charge in [0.05, 0.1) is 12.5 Å². The van der Waals surface area contributed by atoms with Gasteiger partial charge >= 0.3 is 5.97 Å². The first-order valence-corrected chi connectivity index (χ1v) is 5.64. The van der Waals surface area contributed by atoms with Crippen molar-refractivity contribution in [2.75, 3.05) is 0 Å². The summed E-state index contributed by atoms with van der Waals surface area (Å²) in [6.45, 7) is 0. The minimum Gasteiger partial charge on any atom is -0.479 e. The first-order chi connectivity index (χ1) is 9.09. The summed E-state index contributed by atoms with van der Waals surface area (Å²) in [5, 5.41) is 11.7. The summed E-state index contributed by atoms with van der Waals surface area (Å²) in [6.07, 6.45) is 2.87. The van der Waals surface area contributed by atoms with Crippen LogP contribution < -0.4 is 5.32 Å². The Kier molecular flexibility index (Phi) is 3.61. The second kappa shape index (κ2) is 5.34. The van der Waals surface area contributed by atoms with E-state index in [1.807, 2.05) is 0 Å². The topological polar surface area (TPSA) is 84.2 Å². The summed E-state index contributed by atoms with van der Waals surface area (Å²) in [5.74, 6) is -1.59. The van der Waals surface area contributed by atoms with Crippen molar-refractivity contribution in [1.29, 1.82) is 0 Å². The van der Waals surface area contributed by atoms with Crippen molar-refractivity contribution >= 4 is 11.9 Å². The molecule has 0 fully saturated rings. The van der Waals surface area contributed by atoms with Crippen molar-refractivity contribution in [2.45, 2.75) is 6.04 Å². The summed E-state index contributed by atoms with van der Waals surface area (Å²) in [6, 6.07) is 7.46. The van der Waals surface area contributed by atoms with Gasteiger partial charge < -0.3 is 15.0 Å². The maximum Gasteiger partial charge on any atom is 0.330 e. The molecule has 1 amide bonds. The van der Waals surface area contributed by atoms with E-state index in [9.17, 15) is 14.7 Å². The lowest BCUT2D eigenvalue weighted by Crippen LogP contribution is -2.34. The van der Waals surface area contributed by atoms with Crippen molar-refractivity contribution in [3.63, 3.8) is 0 Å². The van der Waals surface area contributed by atoms with Crippen molar-refractivity contribution in [2.24, 2.45) is 7.05 Å². The predicted molar refractivity (Wildman–Crippen MR) is 67.5 cm³/mol. The minimum atomic E-state index is -1.11. The second-order valence-electron chi connectivity index (χ2n) is 4.05. The molecule has 1 heterocycles. The molecule has 1 aromatic heterocycles. The Bertz CT molecular complexity index is 592. The molecule has 0 aliphatic rings. The number of rotatable bonds is 4. The van der Waals surface area contributed by atoms with Gasteiger partial charge in [-0.05, 0) is 5.56 Å². The van der Waals surface area contributed by atoms with Gasteiger partial charge in [-0.15, -0.1) is 0 Å². The number of aryl methyl sites for hydroxylation is 1. The average Bonchev–Trinajstić information content (AvgIpc) is 2.82. The number of aliphatic carboxylic acids is 1. The molecule has 1 aromatic carbocycles. The summed E-state index contributed by atoms with van der Waals surface area (Å²) < 4.78 is 1.53. The van der Waals surface area contributed by atoms with Crippen LogP contribution in [-0.4, -0.2) is 26.5 Å². The Morgan fingerprint density at radius 3 is 2.53 bits per heavy atom. The summed E-state index contributed by atoms with van der Waals surface area (Å²) in [4.78, 5) is 27.1. The highest BCUT2D eigenvalue weighted by Gasteiger charge is 2.23. The molecular weight excluding hydrogens is 246 g/mol. The molecule has 0 aliphatic carbocycles. The molecule has 6 nitrogen and oxygen atoms in total. The zero-order chi connectivity index (χ0) is 13.8. The fraction of sp³-hybridized carbons (Fsp3) is 0.154. The van der Waals surface area contributed by atoms with Gasteiger partial charge in [0.15, 0.2) is 6.04 Å². The van der Waals surface area contributed by atoms with Crippen molar-refractivity contribution < 1.29 is 14.7 Å². The third-order valence-corrected chi connectivity index (χ3v) is 2.70. The number of carboxylic acid groups (broad SMARTS) is 1. The number of nitrogens with zero attached hydrogens (tertiary/aromatic N) is 2. The Balaban J connectivity index is 2.21. The molecule has 19 heavy (non-hydrogen) atoms. The Labute approximate surface area is 109 Å². The van der Waals surface area contributed by atoms with Crippen LogP contribution in [0, 0.1) is 0 Å². The molecule has 1 atom stereocenters. The van der Waals surface area contributed by atoms with Gasteiger partial charge in [0.25, 0.3) is 5.91 Å². The van der Waals surface area contributed by atoms with E-state index in [0.29, 0.717) is 11.3 Å². The highest BCUT2D eigenvalue weighted by atomic mass is 16.4. The number of hydrogen-bond acceptors (Lipinski definition) is 3.